The van der Waals surface area contributed by atoms with E-state index in [4.69, 9.17) is 4.74 Å². The minimum Gasteiger partial charge on any atom is -0.461 e. The highest BCUT2D eigenvalue weighted by atomic mass is 127. The van der Waals surface area contributed by atoms with Crippen molar-refractivity contribution in [2.45, 2.75) is 51.0 Å². The van der Waals surface area contributed by atoms with Gasteiger partial charge < -0.3 is 4.74 Å². The predicted molar refractivity (Wildman–Crippen MR) is 68.5 cm³/mol. The molecular formula is C12H17IO3. The smallest absolute Gasteiger partial charge is 0.320 e. The molecule has 2 aliphatic rings. The summed E-state index contributed by atoms with van der Waals surface area (Å²) in [5.74, 6) is -0.120. The first-order valence-electron chi connectivity index (χ1n) is 5.99. The minimum atomic E-state index is -0.768. The number of alkyl halides is 1. The largest absolute Gasteiger partial charge is 0.461 e. The number of esters is 1. The van der Waals surface area contributed by atoms with Gasteiger partial charge in [-0.15, -0.1) is 0 Å². The summed E-state index contributed by atoms with van der Waals surface area (Å²) in [5, 5.41) is 0. The number of cyclic esters (lactones) is 1. The summed E-state index contributed by atoms with van der Waals surface area (Å²) in [6.45, 7) is 0. The third kappa shape index (κ3) is 2.13. The second-order valence-electron chi connectivity index (χ2n) is 4.81. The number of halogens is 1. The molecule has 0 aromatic rings. The van der Waals surface area contributed by atoms with Crippen molar-refractivity contribution >= 4 is 34.3 Å². The normalized spacial score (nSPS) is 35.9. The molecule has 0 aromatic heterocycles. The van der Waals surface area contributed by atoms with E-state index in [0.29, 0.717) is 19.3 Å². The van der Waals surface area contributed by atoms with Crippen LogP contribution in [-0.4, -0.2) is 22.3 Å². The van der Waals surface area contributed by atoms with E-state index in [2.05, 4.69) is 22.6 Å². The van der Waals surface area contributed by atoms with Crippen LogP contribution < -0.4 is 0 Å². The maximum Gasteiger partial charge on any atom is 0.320 e. The zero-order valence-corrected chi connectivity index (χ0v) is 11.5. The molecule has 0 aromatic carbocycles. The minimum absolute atomic E-state index is 0.0449. The molecule has 1 aliphatic heterocycles. The van der Waals surface area contributed by atoms with E-state index in [0.717, 1.165) is 30.1 Å². The number of ketones is 1. The molecule has 4 heteroatoms. The Morgan fingerprint density at radius 1 is 1.25 bits per heavy atom. The summed E-state index contributed by atoms with van der Waals surface area (Å²) >= 11 is 2.21. The molecule has 0 N–H and O–H groups in total. The second-order valence-corrected chi connectivity index (χ2v) is 5.69. The standard InChI is InChI=1S/C12H17IO3/c13-8-9-7-12(11(15)16-9)6-4-2-1-3-5-10(12)14/h9H,1-8H2/t9-,12-/m0/s1. The van der Waals surface area contributed by atoms with Gasteiger partial charge in [-0.2, -0.15) is 0 Å². The van der Waals surface area contributed by atoms with Crippen molar-refractivity contribution in [2.75, 3.05) is 4.43 Å². The van der Waals surface area contributed by atoms with Crippen molar-refractivity contribution in [3.05, 3.63) is 0 Å². The van der Waals surface area contributed by atoms with Gasteiger partial charge in [0.05, 0.1) is 0 Å². The SMILES string of the molecule is O=C1CCCCCC[C@]12C[C@@H](CI)OC2=O. The molecule has 1 spiro atoms. The van der Waals surface area contributed by atoms with Crippen molar-refractivity contribution in [1.29, 1.82) is 0 Å². The molecule has 90 valence electrons. The molecular weight excluding hydrogens is 319 g/mol. The van der Waals surface area contributed by atoms with Gasteiger partial charge in [-0.25, -0.2) is 0 Å². The summed E-state index contributed by atoms with van der Waals surface area (Å²) in [5.41, 5.74) is -0.768. The first kappa shape index (κ1) is 12.3. The summed E-state index contributed by atoms with van der Waals surface area (Å²) in [6.07, 6.45) is 6.01. The molecule has 0 unspecified atom stereocenters. The Hall–Kier alpha value is -0.130. The molecule has 16 heavy (non-hydrogen) atoms. The van der Waals surface area contributed by atoms with Crippen LogP contribution in [0.25, 0.3) is 0 Å². The first-order chi connectivity index (χ1) is 7.69. The maximum atomic E-state index is 12.2. The van der Waals surface area contributed by atoms with Crippen molar-refractivity contribution < 1.29 is 14.3 Å². The van der Waals surface area contributed by atoms with Gasteiger partial charge in [0.1, 0.15) is 17.3 Å². The average Bonchev–Trinajstić information content (AvgIpc) is 2.59. The molecule has 1 heterocycles. The number of rotatable bonds is 1. The summed E-state index contributed by atoms with van der Waals surface area (Å²) in [7, 11) is 0. The van der Waals surface area contributed by atoms with Crippen LogP contribution in [0.1, 0.15) is 44.9 Å². The predicted octanol–water partition coefficient (Wildman–Crippen LogP) is 2.65. The van der Waals surface area contributed by atoms with Crippen LogP contribution in [0, 0.1) is 5.41 Å². The molecule has 3 nitrogen and oxygen atoms in total. The number of hydrogen-bond donors (Lipinski definition) is 0. The summed E-state index contributed by atoms with van der Waals surface area (Å²) in [4.78, 5) is 24.1. The zero-order chi connectivity index (χ0) is 11.6. The van der Waals surface area contributed by atoms with Crippen molar-refractivity contribution in [3.8, 4) is 0 Å². The Morgan fingerprint density at radius 3 is 2.69 bits per heavy atom. The quantitative estimate of drug-likeness (QED) is 0.320. The fraction of sp³-hybridized carbons (Fsp3) is 0.833. The third-order valence-corrected chi connectivity index (χ3v) is 4.69. The van der Waals surface area contributed by atoms with Crippen LogP contribution >= 0.6 is 22.6 Å². The molecule has 2 fully saturated rings. The lowest BCUT2D eigenvalue weighted by Gasteiger charge is -2.25. The Kier molecular flexibility index (Phi) is 3.87. The van der Waals surface area contributed by atoms with E-state index in [1.165, 1.54) is 0 Å². The maximum absolute atomic E-state index is 12.2. The van der Waals surface area contributed by atoms with Gasteiger partial charge in [-0.3, -0.25) is 9.59 Å². The molecule has 2 atom stereocenters. The highest BCUT2D eigenvalue weighted by Crippen LogP contribution is 2.42. The van der Waals surface area contributed by atoms with E-state index in [-0.39, 0.29) is 17.9 Å². The molecule has 1 aliphatic carbocycles. The van der Waals surface area contributed by atoms with Crippen LogP contribution in [0.5, 0.6) is 0 Å². The molecule has 0 bridgehead atoms. The van der Waals surface area contributed by atoms with Crippen LogP contribution in [-0.2, 0) is 14.3 Å². The van der Waals surface area contributed by atoms with Gasteiger partial charge in [0.25, 0.3) is 0 Å². The van der Waals surface area contributed by atoms with Crippen LogP contribution in [0.3, 0.4) is 0 Å². The molecule has 1 saturated carbocycles. The second kappa shape index (κ2) is 5.02. The Balaban J connectivity index is 2.19. The highest BCUT2D eigenvalue weighted by molar-refractivity contribution is 14.1. The lowest BCUT2D eigenvalue weighted by Crippen LogP contribution is -2.36. The molecule has 1 saturated heterocycles. The lowest BCUT2D eigenvalue weighted by molar-refractivity contribution is -0.153. The van der Waals surface area contributed by atoms with Crippen LogP contribution in [0.4, 0.5) is 0 Å². The number of ether oxygens (including phenoxy) is 1. The van der Waals surface area contributed by atoms with E-state index in [1.807, 2.05) is 0 Å². The van der Waals surface area contributed by atoms with Gasteiger partial charge >= 0.3 is 5.97 Å². The first-order valence-corrected chi connectivity index (χ1v) is 7.52. The Labute approximate surface area is 109 Å². The number of carbonyl (C=O) groups is 2. The molecule has 0 radical (unpaired) electrons. The van der Waals surface area contributed by atoms with Crippen LogP contribution in [0.2, 0.25) is 0 Å². The van der Waals surface area contributed by atoms with E-state index < -0.39 is 5.41 Å². The number of hydrogen-bond acceptors (Lipinski definition) is 3. The van der Waals surface area contributed by atoms with E-state index in [1.54, 1.807) is 0 Å². The third-order valence-electron chi connectivity index (χ3n) is 3.70. The van der Waals surface area contributed by atoms with Crippen molar-refractivity contribution in [1.82, 2.24) is 0 Å². The van der Waals surface area contributed by atoms with Gasteiger partial charge in [0.15, 0.2) is 0 Å². The Bertz CT molecular complexity index is 303. The van der Waals surface area contributed by atoms with Gasteiger partial charge in [-0.05, 0) is 12.8 Å². The zero-order valence-electron chi connectivity index (χ0n) is 9.34. The van der Waals surface area contributed by atoms with Gasteiger partial charge in [0.2, 0.25) is 0 Å². The average molecular weight is 336 g/mol. The van der Waals surface area contributed by atoms with E-state index in [9.17, 15) is 9.59 Å². The van der Waals surface area contributed by atoms with Gasteiger partial charge in [-0.1, -0.05) is 41.9 Å². The number of carbonyl (C=O) groups excluding carboxylic acids is 2. The lowest BCUT2D eigenvalue weighted by atomic mass is 9.73. The molecule has 2 rings (SSSR count). The van der Waals surface area contributed by atoms with Gasteiger partial charge in [0, 0.05) is 17.3 Å². The van der Waals surface area contributed by atoms with Crippen molar-refractivity contribution in [3.63, 3.8) is 0 Å². The summed E-state index contributed by atoms with van der Waals surface area (Å²) < 4.78 is 6.09. The fourth-order valence-electron chi connectivity index (χ4n) is 2.74. The number of Topliss-reactive ketones (excluding diaryl/α,β-unsaturated/α-hetero) is 1. The fourth-order valence-corrected chi connectivity index (χ4v) is 3.23. The van der Waals surface area contributed by atoms with Crippen molar-refractivity contribution in [2.24, 2.45) is 5.41 Å². The topological polar surface area (TPSA) is 43.4 Å². The Morgan fingerprint density at radius 2 is 2.00 bits per heavy atom. The van der Waals surface area contributed by atoms with Crippen LogP contribution in [0.15, 0.2) is 0 Å². The monoisotopic (exact) mass is 336 g/mol. The van der Waals surface area contributed by atoms with E-state index >= 15 is 0 Å². The molecule has 0 amide bonds. The summed E-state index contributed by atoms with van der Waals surface area (Å²) in [6, 6.07) is 0. The highest BCUT2D eigenvalue weighted by Gasteiger charge is 2.53.